The van der Waals surface area contributed by atoms with Crippen molar-refractivity contribution >= 4 is 35.8 Å². The molecule has 0 amide bonds. The molecule has 0 aliphatic heterocycles. The summed E-state index contributed by atoms with van der Waals surface area (Å²) < 4.78 is 26.7. The van der Waals surface area contributed by atoms with Crippen LogP contribution in [0.2, 0.25) is 0 Å². The Balaban J connectivity index is -0.000000407. The first-order valence-electron chi connectivity index (χ1n) is 8.06. The SMILES string of the molecule is CC(=O)OCC(COC(C)=O)OC(C)=O.CC(=O)OCOC(C)=O.COC(C)=O. The van der Waals surface area contributed by atoms with E-state index in [4.69, 9.17) is 4.74 Å². The lowest BCUT2D eigenvalue weighted by Crippen LogP contribution is -2.29. The zero-order valence-corrected chi connectivity index (χ0v) is 17.6. The minimum absolute atomic E-state index is 0.123. The maximum atomic E-state index is 10.6. The second-order valence-corrected chi connectivity index (χ2v) is 4.92. The highest BCUT2D eigenvalue weighted by molar-refractivity contribution is 5.68. The third kappa shape index (κ3) is 36.5. The van der Waals surface area contributed by atoms with Crippen LogP contribution in [-0.4, -0.2) is 69.0 Å². The number of hydrogen-bond acceptors (Lipinski definition) is 12. The Kier molecular flexibility index (Phi) is 20.6. The van der Waals surface area contributed by atoms with E-state index in [1.165, 1.54) is 48.7 Å². The van der Waals surface area contributed by atoms with Gasteiger partial charge in [-0.15, -0.1) is 0 Å². The summed E-state index contributed by atoms with van der Waals surface area (Å²) in [6, 6.07) is 0. The molecule has 0 aliphatic rings. The van der Waals surface area contributed by atoms with Crippen LogP contribution in [0, 0.1) is 0 Å². The van der Waals surface area contributed by atoms with Crippen LogP contribution < -0.4 is 0 Å². The first-order valence-corrected chi connectivity index (χ1v) is 8.06. The van der Waals surface area contributed by atoms with E-state index in [-0.39, 0.29) is 26.0 Å². The predicted octanol–water partition coefficient (Wildman–Crippen LogP) is 0.294. The molecule has 0 fully saturated rings. The van der Waals surface area contributed by atoms with Crippen molar-refractivity contribution in [1.29, 1.82) is 0 Å². The Morgan fingerprint density at radius 1 is 0.552 bits per heavy atom. The fourth-order valence-corrected chi connectivity index (χ4v) is 0.967. The predicted molar refractivity (Wildman–Crippen MR) is 94.9 cm³/mol. The van der Waals surface area contributed by atoms with Crippen LogP contribution in [0.4, 0.5) is 0 Å². The Labute approximate surface area is 168 Å². The number of hydrogen-bond donors (Lipinski definition) is 0. The molecule has 0 aromatic heterocycles. The third-order valence-corrected chi connectivity index (χ3v) is 2.09. The van der Waals surface area contributed by atoms with Crippen molar-refractivity contribution in [3.63, 3.8) is 0 Å². The van der Waals surface area contributed by atoms with E-state index in [0.29, 0.717) is 0 Å². The largest absolute Gasteiger partial charge is 0.469 e. The van der Waals surface area contributed by atoms with Gasteiger partial charge in [0.2, 0.25) is 6.79 Å². The maximum absolute atomic E-state index is 10.6. The number of esters is 6. The number of carbonyl (C=O) groups excluding carboxylic acids is 6. The van der Waals surface area contributed by atoms with E-state index in [1.807, 2.05) is 0 Å². The Morgan fingerprint density at radius 2 is 0.862 bits per heavy atom. The molecule has 0 atom stereocenters. The fourth-order valence-electron chi connectivity index (χ4n) is 0.967. The van der Waals surface area contributed by atoms with Crippen molar-refractivity contribution in [3.8, 4) is 0 Å². The molecular weight excluding hydrogens is 396 g/mol. The lowest BCUT2D eigenvalue weighted by atomic mass is 10.4. The standard InChI is InChI=1S/C9H14O6.C5H8O4.C3H6O2/c1-6(10)13-4-9(15-8(3)12)5-14-7(2)11;1-4(6)8-3-9-5(2)7;1-3(4)5-2/h9H,4-5H2,1-3H3;3H2,1-2H3;1-2H3. The van der Waals surface area contributed by atoms with E-state index in [1.54, 1.807) is 0 Å². The number of carbonyl (C=O) groups is 6. The third-order valence-electron chi connectivity index (χ3n) is 2.09. The monoisotopic (exact) mass is 424 g/mol. The van der Waals surface area contributed by atoms with Crippen LogP contribution in [0.5, 0.6) is 0 Å². The van der Waals surface area contributed by atoms with Gasteiger partial charge >= 0.3 is 35.8 Å². The molecule has 0 aromatic carbocycles. The highest BCUT2D eigenvalue weighted by Gasteiger charge is 2.15. The maximum Gasteiger partial charge on any atom is 0.305 e. The summed E-state index contributed by atoms with van der Waals surface area (Å²) in [7, 11) is 1.35. The quantitative estimate of drug-likeness (QED) is 0.313. The number of ether oxygens (including phenoxy) is 6. The van der Waals surface area contributed by atoms with Gasteiger partial charge in [-0.25, -0.2) is 0 Å². The van der Waals surface area contributed by atoms with Crippen LogP contribution in [0.25, 0.3) is 0 Å². The lowest BCUT2D eigenvalue weighted by molar-refractivity contribution is -0.164. The van der Waals surface area contributed by atoms with Gasteiger partial charge in [-0.2, -0.15) is 0 Å². The topological polar surface area (TPSA) is 158 Å². The van der Waals surface area contributed by atoms with Crippen molar-refractivity contribution in [3.05, 3.63) is 0 Å². The lowest BCUT2D eigenvalue weighted by Gasteiger charge is -2.15. The van der Waals surface area contributed by atoms with Crippen molar-refractivity contribution < 1.29 is 57.2 Å². The molecule has 0 saturated heterocycles. The summed E-state index contributed by atoms with van der Waals surface area (Å²) >= 11 is 0. The molecule has 0 heterocycles. The molecule has 29 heavy (non-hydrogen) atoms. The van der Waals surface area contributed by atoms with Crippen LogP contribution >= 0.6 is 0 Å². The summed E-state index contributed by atoms with van der Waals surface area (Å²) in [5, 5.41) is 0. The second kappa shape index (κ2) is 19.6. The van der Waals surface area contributed by atoms with Crippen molar-refractivity contribution in [2.45, 2.75) is 47.6 Å². The Hall–Kier alpha value is -3.18. The minimum atomic E-state index is -0.754. The Bertz CT molecular complexity index is 509. The summed E-state index contributed by atoms with van der Waals surface area (Å²) in [6.07, 6.45) is -0.754. The number of methoxy groups -OCH3 is 1. The van der Waals surface area contributed by atoms with Gasteiger partial charge in [-0.05, 0) is 0 Å². The summed E-state index contributed by atoms with van der Waals surface area (Å²) in [5.74, 6) is -2.68. The molecule has 12 heteroatoms. The summed E-state index contributed by atoms with van der Waals surface area (Å²) in [5.41, 5.74) is 0. The van der Waals surface area contributed by atoms with Gasteiger partial charge in [-0.3, -0.25) is 28.8 Å². The highest BCUT2D eigenvalue weighted by atomic mass is 16.7. The summed E-state index contributed by atoms with van der Waals surface area (Å²) in [6.45, 7) is 6.99. The molecule has 0 unspecified atom stereocenters. The van der Waals surface area contributed by atoms with Crippen molar-refractivity contribution in [2.75, 3.05) is 27.1 Å². The van der Waals surface area contributed by atoms with Gasteiger partial charge in [0.15, 0.2) is 6.10 Å². The normalized spacial score (nSPS) is 8.69. The molecule has 168 valence electrons. The van der Waals surface area contributed by atoms with E-state index >= 15 is 0 Å². The van der Waals surface area contributed by atoms with Crippen LogP contribution in [-0.2, 0) is 57.2 Å². The molecular formula is C17H28O12. The first kappa shape index (κ1) is 30.5. The van der Waals surface area contributed by atoms with Gasteiger partial charge in [-0.1, -0.05) is 0 Å². The second-order valence-electron chi connectivity index (χ2n) is 4.92. The van der Waals surface area contributed by atoms with E-state index in [9.17, 15) is 28.8 Å². The smallest absolute Gasteiger partial charge is 0.305 e. The minimum Gasteiger partial charge on any atom is -0.469 e. The molecule has 0 spiro atoms. The van der Waals surface area contributed by atoms with Crippen molar-refractivity contribution in [1.82, 2.24) is 0 Å². The van der Waals surface area contributed by atoms with Crippen molar-refractivity contribution in [2.24, 2.45) is 0 Å². The average Bonchev–Trinajstić information content (AvgIpc) is 2.57. The fraction of sp³-hybridized carbons (Fsp3) is 0.647. The highest BCUT2D eigenvalue weighted by Crippen LogP contribution is 1.97. The van der Waals surface area contributed by atoms with Gasteiger partial charge < -0.3 is 28.4 Å². The molecule has 12 nitrogen and oxygen atoms in total. The molecule has 0 aliphatic carbocycles. The number of rotatable bonds is 7. The van der Waals surface area contributed by atoms with Crippen LogP contribution in [0.15, 0.2) is 0 Å². The molecule has 0 bridgehead atoms. The molecule has 0 radical (unpaired) electrons. The molecule has 0 saturated carbocycles. The molecule has 0 rings (SSSR count). The van der Waals surface area contributed by atoms with Gasteiger partial charge in [0.1, 0.15) is 13.2 Å². The van der Waals surface area contributed by atoms with Gasteiger partial charge in [0, 0.05) is 41.5 Å². The zero-order chi connectivity index (χ0) is 23.4. The first-order chi connectivity index (χ1) is 13.3. The molecule has 0 aromatic rings. The van der Waals surface area contributed by atoms with Crippen LogP contribution in [0.1, 0.15) is 41.5 Å². The van der Waals surface area contributed by atoms with Crippen LogP contribution in [0.3, 0.4) is 0 Å². The summed E-state index contributed by atoms with van der Waals surface area (Å²) in [4.78, 5) is 61.3. The van der Waals surface area contributed by atoms with E-state index < -0.39 is 36.0 Å². The zero-order valence-electron chi connectivity index (χ0n) is 17.6. The molecule has 0 N–H and O–H groups in total. The van der Waals surface area contributed by atoms with Gasteiger partial charge in [0.05, 0.1) is 7.11 Å². The Morgan fingerprint density at radius 3 is 1.07 bits per heavy atom. The van der Waals surface area contributed by atoms with E-state index in [2.05, 4.69) is 23.7 Å². The van der Waals surface area contributed by atoms with E-state index in [0.717, 1.165) is 0 Å². The van der Waals surface area contributed by atoms with Gasteiger partial charge in [0.25, 0.3) is 0 Å². The average molecular weight is 424 g/mol.